The van der Waals surface area contributed by atoms with Gasteiger partial charge in [0.25, 0.3) is 0 Å². The summed E-state index contributed by atoms with van der Waals surface area (Å²) in [5, 5.41) is 4.02. The molecular weight excluding hydrogens is 202 g/mol. The Morgan fingerprint density at radius 2 is 2.25 bits per heavy atom. The normalized spacial score (nSPS) is 31.8. The van der Waals surface area contributed by atoms with Crippen LogP contribution >= 0.6 is 0 Å². The number of hydrogen-bond donors (Lipinski definition) is 2. The van der Waals surface area contributed by atoms with Crippen LogP contribution in [0, 0.1) is 5.41 Å². The summed E-state index contributed by atoms with van der Waals surface area (Å²) in [6.07, 6.45) is 9.29. The first-order chi connectivity index (χ1) is 7.60. The van der Waals surface area contributed by atoms with Crippen molar-refractivity contribution >= 4 is 11.7 Å². The van der Waals surface area contributed by atoms with Crippen molar-refractivity contribution in [1.29, 1.82) is 0 Å². The van der Waals surface area contributed by atoms with Gasteiger partial charge in [-0.05, 0) is 43.6 Å². The van der Waals surface area contributed by atoms with Gasteiger partial charge >= 0.3 is 6.03 Å². The maximum absolute atomic E-state index is 10.6. The molecule has 0 spiro atoms. The number of carbonyl (C=O) groups excluding carboxylic acids is 1. The Kier molecular flexibility index (Phi) is 2.99. The lowest BCUT2D eigenvalue weighted by molar-refractivity contribution is 0.249. The standard InChI is InChI=1S/C12H19N3O/c1-12-6-3-2-4-9(12)8-10(5-7-12)14-15-11(13)16/h8H,2-7H2,1H3,(H3,13,15,16)/b14-10-/t12-/m0/s1. The van der Waals surface area contributed by atoms with Gasteiger partial charge in [0, 0.05) is 0 Å². The van der Waals surface area contributed by atoms with Crippen LogP contribution in [0.1, 0.15) is 45.4 Å². The summed E-state index contributed by atoms with van der Waals surface area (Å²) in [7, 11) is 0. The predicted octanol–water partition coefficient (Wildman–Crippen LogP) is 2.31. The van der Waals surface area contributed by atoms with Gasteiger partial charge in [0.15, 0.2) is 0 Å². The monoisotopic (exact) mass is 221 g/mol. The zero-order valence-corrected chi connectivity index (χ0v) is 9.75. The van der Waals surface area contributed by atoms with E-state index in [2.05, 4.69) is 23.5 Å². The third-order valence-electron chi connectivity index (χ3n) is 3.78. The molecule has 1 saturated carbocycles. The second-order valence-corrected chi connectivity index (χ2v) is 5.02. The van der Waals surface area contributed by atoms with E-state index in [0.29, 0.717) is 5.41 Å². The fourth-order valence-electron chi connectivity index (χ4n) is 2.72. The summed E-state index contributed by atoms with van der Waals surface area (Å²) >= 11 is 0. The zero-order valence-electron chi connectivity index (χ0n) is 9.75. The molecule has 0 heterocycles. The molecule has 2 rings (SSSR count). The lowest BCUT2D eigenvalue weighted by Gasteiger charge is -2.39. The SMILES string of the molecule is C[C@@]12CCCCC1=C/C(=N\NC(N)=O)CC2. The Labute approximate surface area is 96.0 Å². The maximum Gasteiger partial charge on any atom is 0.332 e. The molecule has 2 amide bonds. The van der Waals surface area contributed by atoms with Crippen molar-refractivity contribution in [3.8, 4) is 0 Å². The third-order valence-corrected chi connectivity index (χ3v) is 3.78. The molecule has 0 radical (unpaired) electrons. The Morgan fingerprint density at radius 3 is 3.00 bits per heavy atom. The highest BCUT2D eigenvalue weighted by Gasteiger charge is 2.34. The zero-order chi connectivity index (χ0) is 11.6. The van der Waals surface area contributed by atoms with Gasteiger partial charge < -0.3 is 5.73 Å². The number of nitrogens with zero attached hydrogens (tertiary/aromatic N) is 1. The number of amides is 2. The first-order valence-corrected chi connectivity index (χ1v) is 5.93. The lowest BCUT2D eigenvalue weighted by atomic mass is 9.66. The molecule has 1 fully saturated rings. The van der Waals surface area contributed by atoms with Crippen molar-refractivity contribution in [3.05, 3.63) is 11.6 Å². The number of primary amides is 1. The number of carbonyl (C=O) groups is 1. The maximum atomic E-state index is 10.6. The molecule has 0 saturated heterocycles. The van der Waals surface area contributed by atoms with E-state index in [9.17, 15) is 4.79 Å². The van der Waals surface area contributed by atoms with E-state index in [-0.39, 0.29) is 0 Å². The van der Waals surface area contributed by atoms with Gasteiger partial charge in [-0.25, -0.2) is 10.2 Å². The average Bonchev–Trinajstić information content (AvgIpc) is 2.26. The van der Waals surface area contributed by atoms with Crippen LogP contribution in [0.5, 0.6) is 0 Å². The van der Waals surface area contributed by atoms with Gasteiger partial charge in [-0.2, -0.15) is 5.10 Å². The fourth-order valence-corrected chi connectivity index (χ4v) is 2.72. The first kappa shape index (κ1) is 11.2. The van der Waals surface area contributed by atoms with E-state index in [4.69, 9.17) is 5.73 Å². The highest BCUT2D eigenvalue weighted by atomic mass is 16.2. The minimum atomic E-state index is -0.595. The number of nitrogens with one attached hydrogen (secondary N) is 1. The van der Waals surface area contributed by atoms with Crippen LogP contribution in [0.4, 0.5) is 4.79 Å². The first-order valence-electron chi connectivity index (χ1n) is 5.93. The quantitative estimate of drug-likeness (QED) is 0.655. The largest absolute Gasteiger partial charge is 0.350 e. The molecule has 4 nitrogen and oxygen atoms in total. The summed E-state index contributed by atoms with van der Waals surface area (Å²) in [5.74, 6) is 0. The summed E-state index contributed by atoms with van der Waals surface area (Å²) < 4.78 is 0. The van der Waals surface area contributed by atoms with E-state index in [0.717, 1.165) is 18.6 Å². The van der Waals surface area contributed by atoms with Gasteiger partial charge in [0.2, 0.25) is 0 Å². The minimum Gasteiger partial charge on any atom is -0.350 e. The summed E-state index contributed by atoms with van der Waals surface area (Å²) in [6, 6.07) is -0.595. The van der Waals surface area contributed by atoms with Crippen LogP contribution in [-0.2, 0) is 0 Å². The Balaban J connectivity index is 2.14. The molecule has 0 aromatic rings. The number of fused-ring (bicyclic) bond motifs is 1. The molecule has 3 N–H and O–H groups in total. The van der Waals surface area contributed by atoms with Gasteiger partial charge in [0.1, 0.15) is 0 Å². The minimum absolute atomic E-state index is 0.379. The van der Waals surface area contributed by atoms with Crippen LogP contribution in [-0.4, -0.2) is 11.7 Å². The topological polar surface area (TPSA) is 67.5 Å². The number of rotatable bonds is 1. The molecule has 16 heavy (non-hydrogen) atoms. The summed E-state index contributed by atoms with van der Waals surface area (Å²) in [5.41, 5.74) is 10.1. The lowest BCUT2D eigenvalue weighted by Crippen LogP contribution is -2.30. The third kappa shape index (κ3) is 2.26. The predicted molar refractivity (Wildman–Crippen MR) is 64.0 cm³/mol. The van der Waals surface area contributed by atoms with Crippen LogP contribution < -0.4 is 11.2 Å². The molecular formula is C12H19N3O. The smallest absolute Gasteiger partial charge is 0.332 e. The van der Waals surface area contributed by atoms with Gasteiger partial charge in [-0.15, -0.1) is 0 Å². The van der Waals surface area contributed by atoms with Crippen LogP contribution in [0.15, 0.2) is 16.8 Å². The fraction of sp³-hybridized carbons (Fsp3) is 0.667. The molecule has 1 atom stereocenters. The second-order valence-electron chi connectivity index (χ2n) is 5.02. The van der Waals surface area contributed by atoms with Gasteiger partial charge in [0.05, 0.1) is 5.71 Å². The number of nitrogens with two attached hydrogens (primary N) is 1. The van der Waals surface area contributed by atoms with E-state index >= 15 is 0 Å². The van der Waals surface area contributed by atoms with Crippen molar-refractivity contribution in [1.82, 2.24) is 5.43 Å². The molecule has 88 valence electrons. The average molecular weight is 221 g/mol. The van der Waals surface area contributed by atoms with E-state index in [1.165, 1.54) is 31.3 Å². The number of hydrazone groups is 1. The van der Waals surface area contributed by atoms with Crippen LogP contribution in [0.3, 0.4) is 0 Å². The highest BCUT2D eigenvalue weighted by Crippen LogP contribution is 2.46. The van der Waals surface area contributed by atoms with Gasteiger partial charge in [-0.3, -0.25) is 0 Å². The van der Waals surface area contributed by atoms with Crippen LogP contribution in [0.25, 0.3) is 0 Å². The van der Waals surface area contributed by atoms with Crippen LogP contribution in [0.2, 0.25) is 0 Å². The Morgan fingerprint density at radius 1 is 1.44 bits per heavy atom. The second kappa shape index (κ2) is 4.28. The molecule has 0 bridgehead atoms. The molecule has 0 aliphatic heterocycles. The van der Waals surface area contributed by atoms with E-state index < -0.39 is 6.03 Å². The number of urea groups is 1. The molecule has 0 aromatic heterocycles. The number of hydrogen-bond acceptors (Lipinski definition) is 2. The molecule has 4 heteroatoms. The van der Waals surface area contributed by atoms with Gasteiger partial charge in [-0.1, -0.05) is 18.9 Å². The summed E-state index contributed by atoms with van der Waals surface area (Å²) in [6.45, 7) is 2.34. The number of allylic oxidation sites excluding steroid dienone is 2. The van der Waals surface area contributed by atoms with Crippen molar-refractivity contribution in [2.75, 3.05) is 0 Å². The molecule has 2 aliphatic rings. The van der Waals surface area contributed by atoms with Crippen molar-refractivity contribution in [3.63, 3.8) is 0 Å². The Hall–Kier alpha value is -1.32. The van der Waals surface area contributed by atoms with Crippen molar-refractivity contribution < 1.29 is 4.79 Å². The summed E-state index contributed by atoms with van der Waals surface area (Å²) in [4.78, 5) is 10.6. The highest BCUT2D eigenvalue weighted by molar-refractivity contribution is 5.97. The molecule has 0 aromatic carbocycles. The molecule has 2 aliphatic carbocycles. The Bertz CT molecular complexity index is 359. The van der Waals surface area contributed by atoms with E-state index in [1.807, 2.05) is 0 Å². The molecule has 0 unspecified atom stereocenters. The van der Waals surface area contributed by atoms with E-state index in [1.54, 1.807) is 0 Å². The van der Waals surface area contributed by atoms with Crippen molar-refractivity contribution in [2.24, 2.45) is 16.3 Å². The van der Waals surface area contributed by atoms with Crippen molar-refractivity contribution in [2.45, 2.75) is 45.4 Å².